The zero-order valence-electron chi connectivity index (χ0n) is 7.97. The third-order valence-corrected chi connectivity index (χ3v) is 2.04. The Hall–Kier alpha value is -1.88. The van der Waals surface area contributed by atoms with Crippen LogP contribution in [0.3, 0.4) is 0 Å². The number of aromatic nitrogens is 1. The summed E-state index contributed by atoms with van der Waals surface area (Å²) in [5.74, 6) is 0. The van der Waals surface area contributed by atoms with E-state index in [2.05, 4.69) is 4.98 Å². The summed E-state index contributed by atoms with van der Waals surface area (Å²) in [5.41, 5.74) is 1.86. The number of nitro groups is 1. The van der Waals surface area contributed by atoms with Gasteiger partial charge in [0.15, 0.2) is 0 Å². The molecule has 2 rings (SSSR count). The third-order valence-electron chi connectivity index (χ3n) is 2.04. The van der Waals surface area contributed by atoms with Crippen molar-refractivity contribution in [1.29, 1.82) is 0 Å². The van der Waals surface area contributed by atoms with Gasteiger partial charge in [-0.15, -0.1) is 0 Å². The van der Waals surface area contributed by atoms with Gasteiger partial charge in [-0.1, -0.05) is 18.2 Å². The van der Waals surface area contributed by atoms with Crippen molar-refractivity contribution in [2.75, 3.05) is 6.73 Å². The molecule has 1 aromatic carbocycles. The van der Waals surface area contributed by atoms with Crippen molar-refractivity contribution in [3.63, 3.8) is 0 Å². The van der Waals surface area contributed by atoms with E-state index >= 15 is 0 Å². The Morgan fingerprint density at radius 1 is 1.40 bits per heavy atom. The first-order chi connectivity index (χ1) is 7.25. The van der Waals surface area contributed by atoms with Gasteiger partial charge >= 0.3 is 6.73 Å². The second kappa shape index (κ2) is 4.10. The zero-order valence-corrected chi connectivity index (χ0v) is 7.97. The van der Waals surface area contributed by atoms with Crippen molar-refractivity contribution < 1.29 is 9.66 Å². The van der Waals surface area contributed by atoms with Gasteiger partial charge in [0.05, 0.1) is 6.61 Å². The summed E-state index contributed by atoms with van der Waals surface area (Å²) in [4.78, 5) is 12.7. The van der Waals surface area contributed by atoms with E-state index in [0.29, 0.717) is 0 Å². The minimum absolute atomic E-state index is 0.232. The fourth-order valence-corrected chi connectivity index (χ4v) is 1.44. The molecule has 0 atom stereocenters. The lowest BCUT2D eigenvalue weighted by Gasteiger charge is -1.95. The first kappa shape index (κ1) is 9.67. The molecule has 0 aliphatic carbocycles. The molecule has 15 heavy (non-hydrogen) atoms. The topological polar surface area (TPSA) is 68.2 Å². The Labute approximate surface area is 85.8 Å². The van der Waals surface area contributed by atoms with Crippen LogP contribution in [0, 0.1) is 10.1 Å². The molecular formula is C10H10N2O3. The zero-order chi connectivity index (χ0) is 10.7. The Morgan fingerprint density at radius 2 is 2.20 bits per heavy atom. The lowest BCUT2D eigenvalue weighted by Crippen LogP contribution is -2.05. The van der Waals surface area contributed by atoms with E-state index in [-0.39, 0.29) is 6.61 Å². The van der Waals surface area contributed by atoms with E-state index < -0.39 is 11.7 Å². The summed E-state index contributed by atoms with van der Waals surface area (Å²) in [7, 11) is 0. The monoisotopic (exact) mass is 206 g/mol. The molecule has 0 bridgehead atoms. The molecule has 0 spiro atoms. The third kappa shape index (κ3) is 2.32. The number of nitrogens with one attached hydrogen (secondary N) is 1. The Kier molecular flexibility index (Phi) is 2.64. The Morgan fingerprint density at radius 3 is 2.93 bits per heavy atom. The van der Waals surface area contributed by atoms with Crippen molar-refractivity contribution in [2.24, 2.45) is 0 Å². The quantitative estimate of drug-likeness (QED) is 0.472. The average Bonchev–Trinajstić information content (AvgIpc) is 2.59. The van der Waals surface area contributed by atoms with Crippen LogP contribution in [0.25, 0.3) is 10.9 Å². The van der Waals surface area contributed by atoms with Gasteiger partial charge in [-0.05, 0) is 17.5 Å². The number of nitrogens with zero attached hydrogens (tertiary/aromatic N) is 1. The largest absolute Gasteiger partial charge is 0.356 e. The highest BCUT2D eigenvalue weighted by atomic mass is 16.7. The number of para-hydroxylation sites is 1. The molecule has 1 N–H and O–H groups in total. The smallest absolute Gasteiger partial charge is 0.306 e. The molecule has 5 nitrogen and oxygen atoms in total. The van der Waals surface area contributed by atoms with Crippen LogP contribution in [0.5, 0.6) is 0 Å². The van der Waals surface area contributed by atoms with Crippen LogP contribution in [0.2, 0.25) is 0 Å². The number of ether oxygens (including phenoxy) is 1. The first-order valence-electron chi connectivity index (χ1n) is 4.52. The van der Waals surface area contributed by atoms with Crippen LogP contribution >= 0.6 is 0 Å². The summed E-state index contributed by atoms with van der Waals surface area (Å²) < 4.78 is 4.88. The maximum Gasteiger partial charge on any atom is 0.306 e. The molecule has 0 radical (unpaired) electrons. The van der Waals surface area contributed by atoms with Crippen molar-refractivity contribution in [3.8, 4) is 0 Å². The van der Waals surface area contributed by atoms with E-state index in [0.717, 1.165) is 16.6 Å². The fourth-order valence-electron chi connectivity index (χ4n) is 1.44. The molecule has 0 aliphatic rings. The maximum absolute atomic E-state index is 10.0. The lowest BCUT2D eigenvalue weighted by molar-refractivity contribution is -0.527. The van der Waals surface area contributed by atoms with E-state index in [1.807, 2.05) is 30.3 Å². The molecular weight excluding hydrogens is 196 g/mol. The molecule has 0 unspecified atom stereocenters. The minimum Gasteiger partial charge on any atom is -0.356 e. The van der Waals surface area contributed by atoms with Crippen LogP contribution in [0.1, 0.15) is 5.69 Å². The molecule has 0 saturated heterocycles. The summed E-state index contributed by atoms with van der Waals surface area (Å²) >= 11 is 0. The molecule has 0 fully saturated rings. The first-order valence-corrected chi connectivity index (χ1v) is 4.52. The minimum atomic E-state index is -0.497. The normalized spacial score (nSPS) is 10.7. The van der Waals surface area contributed by atoms with Crippen LogP contribution < -0.4 is 0 Å². The standard InChI is InChI=1S/C10H10N2O3/c13-12(14)7-15-6-9-5-8-3-1-2-4-10(8)11-9/h1-5,11H,6-7H2. The predicted molar refractivity (Wildman–Crippen MR) is 54.9 cm³/mol. The molecule has 0 saturated carbocycles. The van der Waals surface area contributed by atoms with E-state index in [9.17, 15) is 10.1 Å². The van der Waals surface area contributed by atoms with Crippen LogP contribution in [-0.4, -0.2) is 16.6 Å². The van der Waals surface area contributed by atoms with E-state index in [1.54, 1.807) is 0 Å². The summed E-state index contributed by atoms with van der Waals surface area (Å²) in [5, 5.41) is 11.1. The van der Waals surface area contributed by atoms with E-state index in [4.69, 9.17) is 4.74 Å². The van der Waals surface area contributed by atoms with Crippen molar-refractivity contribution in [1.82, 2.24) is 4.98 Å². The fraction of sp³-hybridized carbons (Fsp3) is 0.200. The van der Waals surface area contributed by atoms with Gasteiger partial charge in [0.25, 0.3) is 0 Å². The van der Waals surface area contributed by atoms with Gasteiger partial charge in [0.2, 0.25) is 0 Å². The maximum atomic E-state index is 10.0. The highest BCUT2D eigenvalue weighted by Gasteiger charge is 2.01. The Bertz CT molecular complexity index is 445. The van der Waals surface area contributed by atoms with Crippen molar-refractivity contribution in [3.05, 3.63) is 46.1 Å². The van der Waals surface area contributed by atoms with Crippen LogP contribution in [0.4, 0.5) is 0 Å². The van der Waals surface area contributed by atoms with Gasteiger partial charge < -0.3 is 9.72 Å². The van der Waals surface area contributed by atoms with Gasteiger partial charge in [-0.3, -0.25) is 10.1 Å². The molecule has 0 aliphatic heterocycles. The predicted octanol–water partition coefficient (Wildman–Crippen LogP) is 1.92. The number of H-pyrrole nitrogens is 1. The SMILES string of the molecule is O=[N+]([O-])COCc1cc2ccccc2[nH]1. The molecule has 5 heteroatoms. The second-order valence-corrected chi connectivity index (χ2v) is 3.19. The number of rotatable bonds is 4. The average molecular weight is 206 g/mol. The summed E-state index contributed by atoms with van der Waals surface area (Å²) in [6, 6.07) is 9.72. The van der Waals surface area contributed by atoms with Gasteiger partial charge in [0.1, 0.15) is 0 Å². The van der Waals surface area contributed by atoms with Gasteiger partial charge in [0, 0.05) is 16.1 Å². The van der Waals surface area contributed by atoms with Crippen molar-refractivity contribution in [2.45, 2.75) is 6.61 Å². The Balaban J connectivity index is 2.05. The molecule has 2 aromatic rings. The summed E-state index contributed by atoms with van der Waals surface area (Å²) in [6.45, 7) is -0.231. The number of benzene rings is 1. The van der Waals surface area contributed by atoms with E-state index in [1.165, 1.54) is 0 Å². The summed E-state index contributed by atoms with van der Waals surface area (Å²) in [6.07, 6.45) is 0. The molecule has 1 heterocycles. The number of aromatic amines is 1. The highest BCUT2D eigenvalue weighted by Crippen LogP contribution is 2.14. The highest BCUT2D eigenvalue weighted by molar-refractivity contribution is 5.80. The number of hydrogen-bond donors (Lipinski definition) is 1. The number of hydrogen-bond acceptors (Lipinski definition) is 3. The van der Waals surface area contributed by atoms with Crippen LogP contribution in [0.15, 0.2) is 30.3 Å². The van der Waals surface area contributed by atoms with Gasteiger partial charge in [-0.25, -0.2) is 0 Å². The lowest BCUT2D eigenvalue weighted by atomic mass is 10.2. The van der Waals surface area contributed by atoms with Crippen LogP contribution in [-0.2, 0) is 11.3 Å². The molecule has 1 aromatic heterocycles. The van der Waals surface area contributed by atoms with Gasteiger partial charge in [-0.2, -0.15) is 0 Å². The second-order valence-electron chi connectivity index (χ2n) is 3.19. The van der Waals surface area contributed by atoms with Crippen molar-refractivity contribution >= 4 is 10.9 Å². The molecule has 0 amide bonds. The molecule has 78 valence electrons. The number of fused-ring (bicyclic) bond motifs is 1.